The summed E-state index contributed by atoms with van der Waals surface area (Å²) in [7, 11) is 0. The molecule has 4 heteroatoms. The standard InChI is InChI=1S/C12H15FN2O/c1-12(2,7-16)11(15)8-3-4-10(13)9(5-8)6-14/h3-5,11,16H,7,15H2,1-2H3/t11-/m0/s1. The van der Waals surface area contributed by atoms with Crippen LogP contribution in [0.25, 0.3) is 0 Å². The zero-order valence-electron chi connectivity index (χ0n) is 9.37. The Hall–Kier alpha value is -1.44. The molecule has 0 spiro atoms. The third-order valence-electron chi connectivity index (χ3n) is 2.72. The monoisotopic (exact) mass is 222 g/mol. The maximum atomic E-state index is 13.1. The van der Waals surface area contributed by atoms with Crippen molar-refractivity contribution in [1.82, 2.24) is 0 Å². The second kappa shape index (κ2) is 4.60. The second-order valence-corrected chi connectivity index (χ2v) is 4.48. The average molecular weight is 222 g/mol. The number of rotatable bonds is 3. The van der Waals surface area contributed by atoms with E-state index >= 15 is 0 Å². The van der Waals surface area contributed by atoms with Crippen LogP contribution in [-0.2, 0) is 0 Å². The summed E-state index contributed by atoms with van der Waals surface area (Å²) >= 11 is 0. The molecular formula is C12H15FN2O. The Balaban J connectivity index is 3.11. The minimum absolute atomic E-state index is 0.0262. The summed E-state index contributed by atoms with van der Waals surface area (Å²) in [6, 6.07) is 5.52. The van der Waals surface area contributed by atoms with E-state index in [4.69, 9.17) is 11.0 Å². The highest BCUT2D eigenvalue weighted by molar-refractivity contribution is 5.36. The number of benzene rings is 1. The highest BCUT2D eigenvalue weighted by atomic mass is 19.1. The Bertz CT molecular complexity index is 424. The maximum absolute atomic E-state index is 13.1. The van der Waals surface area contributed by atoms with Gasteiger partial charge in [0.25, 0.3) is 0 Å². The first kappa shape index (κ1) is 12.6. The smallest absolute Gasteiger partial charge is 0.140 e. The average Bonchev–Trinajstić information content (AvgIpc) is 2.28. The molecule has 0 aliphatic carbocycles. The summed E-state index contributed by atoms with van der Waals surface area (Å²) in [6.45, 7) is 3.55. The molecule has 0 heterocycles. The molecule has 1 atom stereocenters. The van der Waals surface area contributed by atoms with Crippen LogP contribution in [0.4, 0.5) is 4.39 Å². The minimum Gasteiger partial charge on any atom is -0.396 e. The Morgan fingerprint density at radius 2 is 2.19 bits per heavy atom. The number of nitrogens with zero attached hydrogens (tertiary/aromatic N) is 1. The van der Waals surface area contributed by atoms with E-state index in [9.17, 15) is 9.50 Å². The number of aliphatic hydroxyl groups excluding tert-OH is 1. The fourth-order valence-electron chi connectivity index (χ4n) is 1.37. The fourth-order valence-corrected chi connectivity index (χ4v) is 1.37. The van der Waals surface area contributed by atoms with Crippen molar-refractivity contribution in [3.05, 3.63) is 35.1 Å². The van der Waals surface area contributed by atoms with Crippen molar-refractivity contribution < 1.29 is 9.50 Å². The molecule has 0 amide bonds. The third-order valence-corrected chi connectivity index (χ3v) is 2.72. The number of nitriles is 1. The van der Waals surface area contributed by atoms with E-state index in [1.807, 2.05) is 13.8 Å². The highest BCUT2D eigenvalue weighted by Gasteiger charge is 2.27. The topological polar surface area (TPSA) is 70.0 Å². The van der Waals surface area contributed by atoms with Gasteiger partial charge in [0.15, 0.2) is 0 Å². The van der Waals surface area contributed by atoms with E-state index in [0.717, 1.165) is 0 Å². The second-order valence-electron chi connectivity index (χ2n) is 4.48. The summed E-state index contributed by atoms with van der Waals surface area (Å²) in [5.74, 6) is -0.555. The number of nitrogens with two attached hydrogens (primary N) is 1. The molecule has 86 valence electrons. The highest BCUT2D eigenvalue weighted by Crippen LogP contribution is 2.31. The first-order valence-corrected chi connectivity index (χ1v) is 4.98. The summed E-state index contributed by atoms with van der Waals surface area (Å²) in [5, 5.41) is 17.9. The van der Waals surface area contributed by atoms with Gasteiger partial charge in [0.2, 0.25) is 0 Å². The first-order valence-electron chi connectivity index (χ1n) is 4.98. The first-order chi connectivity index (χ1) is 7.42. The third kappa shape index (κ3) is 2.38. The van der Waals surface area contributed by atoms with Gasteiger partial charge >= 0.3 is 0 Å². The van der Waals surface area contributed by atoms with Crippen LogP contribution in [0.3, 0.4) is 0 Å². The lowest BCUT2D eigenvalue weighted by Crippen LogP contribution is -2.32. The lowest BCUT2D eigenvalue weighted by atomic mass is 9.81. The van der Waals surface area contributed by atoms with Gasteiger partial charge in [0.1, 0.15) is 11.9 Å². The SMILES string of the molecule is CC(C)(CO)[C@@H](N)c1ccc(F)c(C#N)c1. The Morgan fingerprint density at radius 3 is 2.69 bits per heavy atom. The molecule has 0 aliphatic rings. The Morgan fingerprint density at radius 1 is 1.56 bits per heavy atom. The van der Waals surface area contributed by atoms with Crippen molar-refractivity contribution in [3.63, 3.8) is 0 Å². The molecule has 0 saturated carbocycles. The van der Waals surface area contributed by atoms with Crippen LogP contribution in [0.1, 0.15) is 31.0 Å². The van der Waals surface area contributed by atoms with Crippen LogP contribution in [0.15, 0.2) is 18.2 Å². The molecule has 1 aromatic carbocycles. The molecule has 0 bridgehead atoms. The molecule has 0 aromatic heterocycles. The molecule has 3 nitrogen and oxygen atoms in total. The fraction of sp³-hybridized carbons (Fsp3) is 0.417. The Kier molecular flexibility index (Phi) is 3.63. The predicted molar refractivity (Wildman–Crippen MR) is 58.9 cm³/mol. The summed E-state index contributed by atoms with van der Waals surface area (Å²) in [6.07, 6.45) is 0. The number of halogens is 1. The zero-order chi connectivity index (χ0) is 12.3. The van der Waals surface area contributed by atoms with Crippen molar-refractivity contribution in [2.24, 2.45) is 11.1 Å². The molecule has 16 heavy (non-hydrogen) atoms. The molecule has 0 unspecified atom stereocenters. The van der Waals surface area contributed by atoms with Gasteiger partial charge in [-0.15, -0.1) is 0 Å². The molecule has 0 radical (unpaired) electrons. The van der Waals surface area contributed by atoms with Crippen LogP contribution in [-0.4, -0.2) is 11.7 Å². The molecule has 0 saturated heterocycles. The van der Waals surface area contributed by atoms with Gasteiger partial charge in [-0.2, -0.15) is 5.26 Å². The van der Waals surface area contributed by atoms with E-state index in [0.29, 0.717) is 5.56 Å². The van der Waals surface area contributed by atoms with Crippen molar-refractivity contribution in [2.75, 3.05) is 6.61 Å². The number of hydrogen-bond donors (Lipinski definition) is 2. The minimum atomic E-state index is -0.555. The van der Waals surface area contributed by atoms with E-state index in [2.05, 4.69) is 0 Å². The van der Waals surface area contributed by atoms with Crippen LogP contribution < -0.4 is 5.73 Å². The maximum Gasteiger partial charge on any atom is 0.140 e. The summed E-state index contributed by atoms with van der Waals surface area (Å²) in [5.41, 5.74) is 6.08. The summed E-state index contributed by atoms with van der Waals surface area (Å²) < 4.78 is 13.1. The van der Waals surface area contributed by atoms with Crippen molar-refractivity contribution in [1.29, 1.82) is 5.26 Å². The predicted octanol–water partition coefficient (Wildman–Crippen LogP) is 1.72. The number of hydrogen-bond acceptors (Lipinski definition) is 3. The molecule has 1 rings (SSSR count). The van der Waals surface area contributed by atoms with Crippen LogP contribution in [0, 0.1) is 22.6 Å². The van der Waals surface area contributed by atoms with Gasteiger partial charge in [-0.25, -0.2) is 4.39 Å². The normalized spacial score (nSPS) is 13.2. The van der Waals surface area contributed by atoms with Crippen molar-refractivity contribution >= 4 is 0 Å². The Labute approximate surface area is 94.3 Å². The van der Waals surface area contributed by atoms with E-state index in [1.54, 1.807) is 6.07 Å². The quantitative estimate of drug-likeness (QED) is 0.818. The van der Waals surface area contributed by atoms with Gasteiger partial charge in [-0.1, -0.05) is 19.9 Å². The zero-order valence-corrected chi connectivity index (χ0v) is 9.37. The van der Waals surface area contributed by atoms with Crippen molar-refractivity contribution in [3.8, 4) is 6.07 Å². The van der Waals surface area contributed by atoms with E-state index < -0.39 is 17.3 Å². The molecule has 3 N–H and O–H groups in total. The van der Waals surface area contributed by atoms with E-state index in [-0.39, 0.29) is 12.2 Å². The lowest BCUT2D eigenvalue weighted by Gasteiger charge is -2.29. The van der Waals surface area contributed by atoms with Gasteiger partial charge in [0.05, 0.1) is 5.56 Å². The van der Waals surface area contributed by atoms with Crippen LogP contribution in [0.5, 0.6) is 0 Å². The van der Waals surface area contributed by atoms with E-state index in [1.165, 1.54) is 18.2 Å². The van der Waals surface area contributed by atoms with Crippen molar-refractivity contribution in [2.45, 2.75) is 19.9 Å². The molecule has 0 fully saturated rings. The summed E-state index contributed by atoms with van der Waals surface area (Å²) in [4.78, 5) is 0. The lowest BCUT2D eigenvalue weighted by molar-refractivity contribution is 0.132. The molecular weight excluding hydrogens is 207 g/mol. The van der Waals surface area contributed by atoms with Gasteiger partial charge in [-0.3, -0.25) is 0 Å². The largest absolute Gasteiger partial charge is 0.396 e. The van der Waals surface area contributed by atoms with Gasteiger partial charge < -0.3 is 10.8 Å². The van der Waals surface area contributed by atoms with Crippen LogP contribution >= 0.6 is 0 Å². The van der Waals surface area contributed by atoms with Gasteiger partial charge in [0, 0.05) is 18.1 Å². The van der Waals surface area contributed by atoms with Gasteiger partial charge in [-0.05, 0) is 17.7 Å². The molecule has 1 aromatic rings. The van der Waals surface area contributed by atoms with Crippen LogP contribution in [0.2, 0.25) is 0 Å². The molecule has 0 aliphatic heterocycles. The number of aliphatic hydroxyl groups is 1.